The molecular weight excluding hydrogens is 453 g/mol. The Morgan fingerprint density at radius 1 is 1.14 bits per heavy atom. The summed E-state index contributed by atoms with van der Waals surface area (Å²) in [5, 5.41) is 6.04. The van der Waals surface area contributed by atoms with Crippen LogP contribution in [-0.2, 0) is 22.7 Å². The van der Waals surface area contributed by atoms with Crippen LogP contribution in [0.2, 0.25) is 0 Å². The van der Waals surface area contributed by atoms with Crippen molar-refractivity contribution in [1.29, 1.82) is 0 Å². The van der Waals surface area contributed by atoms with Gasteiger partial charge in [0.25, 0.3) is 0 Å². The minimum absolute atomic E-state index is 0.0782. The molecule has 8 nitrogen and oxygen atoms in total. The van der Waals surface area contributed by atoms with Gasteiger partial charge in [0.15, 0.2) is 0 Å². The molecule has 2 aromatic carbocycles. The maximum absolute atomic E-state index is 13.6. The van der Waals surface area contributed by atoms with E-state index in [2.05, 4.69) is 11.2 Å². The van der Waals surface area contributed by atoms with E-state index in [9.17, 15) is 14.4 Å². The third-order valence-corrected chi connectivity index (χ3v) is 6.49. The van der Waals surface area contributed by atoms with Gasteiger partial charge in [0.1, 0.15) is 20.1 Å². The Hall–Kier alpha value is -3.77. The number of carbonyl (C=O) groups excluding carboxylic acids is 3. The Morgan fingerprint density at radius 3 is 2.53 bits per heavy atom. The van der Waals surface area contributed by atoms with E-state index in [1.807, 2.05) is 62.4 Å². The summed E-state index contributed by atoms with van der Waals surface area (Å²) in [6, 6.07) is 15.8. The van der Waals surface area contributed by atoms with E-state index in [0.717, 1.165) is 11.1 Å². The highest BCUT2D eigenvalue weighted by molar-refractivity contribution is 6.32. The van der Waals surface area contributed by atoms with Crippen molar-refractivity contribution in [2.75, 3.05) is 19.6 Å². The van der Waals surface area contributed by atoms with E-state index < -0.39 is 12.2 Å². The Bertz CT molecular complexity index is 1170. The van der Waals surface area contributed by atoms with Gasteiger partial charge in [-0.3, -0.25) is 9.59 Å². The van der Waals surface area contributed by atoms with Gasteiger partial charge in [-0.25, -0.2) is 9.80 Å². The molecule has 4 amide bonds. The highest BCUT2D eigenvalue weighted by atomic mass is 16.2. The van der Waals surface area contributed by atoms with Crippen molar-refractivity contribution in [1.82, 2.24) is 25.1 Å². The molecule has 0 aromatic heterocycles. The second kappa shape index (κ2) is 10.9. The van der Waals surface area contributed by atoms with Crippen molar-refractivity contribution in [2.24, 2.45) is 5.92 Å². The van der Waals surface area contributed by atoms with Crippen LogP contribution >= 0.6 is 0 Å². The van der Waals surface area contributed by atoms with Gasteiger partial charge in [0, 0.05) is 13.1 Å². The lowest BCUT2D eigenvalue weighted by Crippen LogP contribution is -2.77. The molecule has 0 unspecified atom stereocenters. The number of terminal acetylenes is 1. The van der Waals surface area contributed by atoms with E-state index in [-0.39, 0.29) is 43.4 Å². The predicted molar refractivity (Wildman–Crippen MR) is 137 cm³/mol. The van der Waals surface area contributed by atoms with E-state index in [0.29, 0.717) is 18.6 Å². The molecule has 2 aliphatic heterocycles. The molecule has 0 bridgehead atoms. The van der Waals surface area contributed by atoms with Crippen molar-refractivity contribution in [2.45, 2.75) is 39.1 Å². The van der Waals surface area contributed by atoms with Crippen LogP contribution in [0.3, 0.4) is 0 Å². The maximum Gasteiger partial charge on any atom is 0.334 e. The summed E-state index contributed by atoms with van der Waals surface area (Å²) in [6.45, 7) is 4.62. The SMILES string of the molecule is [B]c1cccc(CN2C[C@H]3N(C(=O)CN(CC#C)N3C(=O)NCc3ccccc3)[C@@H](C(C)C)C2=O)c1. The zero-order valence-electron chi connectivity index (χ0n) is 20.6. The van der Waals surface area contributed by atoms with Crippen LogP contribution in [0.25, 0.3) is 0 Å². The van der Waals surface area contributed by atoms with Crippen molar-refractivity contribution in [3.63, 3.8) is 0 Å². The third kappa shape index (κ3) is 5.24. The molecule has 1 N–H and O–H groups in total. The Balaban J connectivity index is 1.66. The molecule has 0 spiro atoms. The van der Waals surface area contributed by atoms with E-state index >= 15 is 0 Å². The first-order chi connectivity index (χ1) is 17.3. The molecule has 4 rings (SSSR count). The van der Waals surface area contributed by atoms with Gasteiger partial charge in [-0.05, 0) is 17.0 Å². The minimum Gasteiger partial charge on any atom is -0.333 e. The van der Waals surface area contributed by atoms with Crippen molar-refractivity contribution < 1.29 is 14.4 Å². The molecule has 36 heavy (non-hydrogen) atoms. The minimum atomic E-state index is -0.699. The molecule has 2 radical (unpaired) electrons. The van der Waals surface area contributed by atoms with Crippen LogP contribution in [0, 0.1) is 18.3 Å². The normalized spacial score (nSPS) is 20.3. The van der Waals surface area contributed by atoms with Gasteiger partial charge in [0.05, 0.1) is 19.6 Å². The third-order valence-electron chi connectivity index (χ3n) is 6.49. The quantitative estimate of drug-likeness (QED) is 0.493. The van der Waals surface area contributed by atoms with E-state index in [4.69, 9.17) is 14.3 Å². The van der Waals surface area contributed by atoms with Gasteiger partial charge in [-0.2, -0.15) is 5.01 Å². The van der Waals surface area contributed by atoms with E-state index in [1.54, 1.807) is 20.9 Å². The summed E-state index contributed by atoms with van der Waals surface area (Å²) in [5.41, 5.74) is 2.43. The molecule has 2 heterocycles. The highest BCUT2D eigenvalue weighted by Gasteiger charge is 2.52. The lowest BCUT2D eigenvalue weighted by Gasteiger charge is -2.55. The van der Waals surface area contributed by atoms with E-state index in [1.165, 1.54) is 5.01 Å². The molecular formula is C27H30BN5O3. The van der Waals surface area contributed by atoms with Crippen LogP contribution in [0.1, 0.15) is 25.0 Å². The number of carbonyl (C=O) groups is 3. The summed E-state index contributed by atoms with van der Waals surface area (Å²) in [4.78, 5) is 43.7. The number of nitrogens with zero attached hydrogens (tertiary/aromatic N) is 4. The van der Waals surface area contributed by atoms with Gasteiger partial charge in [0.2, 0.25) is 11.8 Å². The molecule has 2 fully saturated rings. The van der Waals surface area contributed by atoms with Gasteiger partial charge in [-0.1, -0.05) is 79.8 Å². The molecule has 2 atom stereocenters. The largest absolute Gasteiger partial charge is 0.334 e. The maximum atomic E-state index is 13.6. The molecule has 9 heteroatoms. The lowest BCUT2D eigenvalue weighted by molar-refractivity contribution is -0.192. The fourth-order valence-electron chi connectivity index (χ4n) is 4.90. The second-order valence-corrected chi connectivity index (χ2v) is 9.45. The highest BCUT2D eigenvalue weighted by Crippen LogP contribution is 2.30. The number of amides is 4. The van der Waals surface area contributed by atoms with Gasteiger partial charge >= 0.3 is 6.03 Å². The number of piperazine rings is 1. The molecule has 2 aliphatic rings. The summed E-state index contributed by atoms with van der Waals surface area (Å²) in [5.74, 6) is 2.03. The smallest absolute Gasteiger partial charge is 0.333 e. The topological polar surface area (TPSA) is 76.2 Å². The molecule has 0 aliphatic carbocycles. The first-order valence-electron chi connectivity index (χ1n) is 12.0. The zero-order valence-corrected chi connectivity index (χ0v) is 20.6. The first-order valence-corrected chi connectivity index (χ1v) is 12.0. The summed E-state index contributed by atoms with van der Waals surface area (Å²) < 4.78 is 0. The predicted octanol–water partition coefficient (Wildman–Crippen LogP) is 1.08. The Labute approximate surface area is 213 Å². The summed E-state index contributed by atoms with van der Waals surface area (Å²) in [7, 11) is 5.95. The molecule has 0 saturated carbocycles. The Kier molecular flexibility index (Phi) is 7.65. The fraction of sp³-hybridized carbons (Fsp3) is 0.370. The number of hydrogen-bond donors (Lipinski definition) is 1. The number of nitrogens with one attached hydrogen (secondary N) is 1. The van der Waals surface area contributed by atoms with Crippen LogP contribution in [0.15, 0.2) is 54.6 Å². The molecule has 184 valence electrons. The van der Waals surface area contributed by atoms with Crippen molar-refractivity contribution in [3.05, 3.63) is 65.7 Å². The lowest BCUT2D eigenvalue weighted by atomic mass is 9.93. The van der Waals surface area contributed by atoms with Crippen LogP contribution in [-0.4, -0.2) is 77.4 Å². The Morgan fingerprint density at radius 2 is 1.86 bits per heavy atom. The molecule has 2 aromatic rings. The number of fused-ring (bicyclic) bond motifs is 1. The fourth-order valence-corrected chi connectivity index (χ4v) is 4.90. The summed E-state index contributed by atoms with van der Waals surface area (Å²) >= 11 is 0. The number of benzene rings is 2. The number of hydrogen-bond acceptors (Lipinski definition) is 4. The monoisotopic (exact) mass is 483 g/mol. The second-order valence-electron chi connectivity index (χ2n) is 9.45. The zero-order chi connectivity index (χ0) is 25.8. The van der Waals surface area contributed by atoms with Crippen LogP contribution in [0.5, 0.6) is 0 Å². The number of hydrazine groups is 1. The standard InChI is InChI=1S/C27H30BN5O3/c1-4-13-31-18-24(34)32-23(33(31)27(36)29-15-20-9-6-5-7-10-20)17-30(26(35)25(32)19(2)3)16-21-11-8-12-22(28)14-21/h1,5-12,14,19,23,25H,13,15-18H2,2-3H3,(H,29,36)/t23-,25-/m0/s1. The number of urea groups is 1. The van der Waals surface area contributed by atoms with Gasteiger partial charge < -0.3 is 15.1 Å². The van der Waals surface area contributed by atoms with Crippen LogP contribution < -0.4 is 10.8 Å². The molecule has 2 saturated heterocycles. The van der Waals surface area contributed by atoms with Crippen LogP contribution in [0.4, 0.5) is 4.79 Å². The average molecular weight is 483 g/mol. The van der Waals surface area contributed by atoms with Crippen molar-refractivity contribution in [3.8, 4) is 12.3 Å². The van der Waals surface area contributed by atoms with Crippen molar-refractivity contribution >= 4 is 31.2 Å². The summed E-state index contributed by atoms with van der Waals surface area (Å²) in [6.07, 6.45) is 4.90. The number of rotatable bonds is 6. The average Bonchev–Trinajstić information content (AvgIpc) is 2.84. The van der Waals surface area contributed by atoms with Gasteiger partial charge in [-0.15, -0.1) is 6.42 Å². The first kappa shape index (κ1) is 25.3.